The van der Waals surface area contributed by atoms with Crippen LogP contribution in [-0.4, -0.2) is 40.5 Å². The molecule has 1 aliphatic heterocycles. The fraction of sp³-hybridized carbons (Fsp3) is 0.138. The number of carbonyl (C=O) groups excluding carboxylic acids is 3. The van der Waals surface area contributed by atoms with Crippen molar-refractivity contribution in [3.63, 3.8) is 0 Å². The molecule has 3 aromatic carbocycles. The van der Waals surface area contributed by atoms with Crippen LogP contribution in [0.1, 0.15) is 49.3 Å². The minimum Gasteiger partial charge on any atom is -0.495 e. The molecule has 0 fully saturated rings. The van der Waals surface area contributed by atoms with Crippen LogP contribution < -0.4 is 15.0 Å². The lowest BCUT2D eigenvalue weighted by atomic mass is 10.0. The molecule has 1 N–H and O–H groups in total. The molecule has 0 spiro atoms. The van der Waals surface area contributed by atoms with Crippen LogP contribution in [0.25, 0.3) is 0 Å². The number of anilines is 2. The molecule has 5 rings (SSSR count). The van der Waals surface area contributed by atoms with Gasteiger partial charge in [-0.15, -0.1) is 0 Å². The fourth-order valence-corrected chi connectivity index (χ4v) is 4.81. The topological polar surface area (TPSA) is 117 Å². The molecule has 1 unspecified atom stereocenters. The SMILES string of the molecule is COc1ccc(NC(=O)c2cnn3c2C(=O)N(c2ccc(C(=O)c4ccc(Br)cc4)cc2)C(C)C3)cc1C#N. The van der Waals surface area contributed by atoms with E-state index in [0.717, 1.165) is 4.47 Å². The number of methoxy groups -OCH3 is 1. The monoisotopic (exact) mass is 583 g/mol. The summed E-state index contributed by atoms with van der Waals surface area (Å²) >= 11 is 3.37. The zero-order valence-corrected chi connectivity index (χ0v) is 22.6. The smallest absolute Gasteiger partial charge is 0.277 e. The molecule has 2 amide bonds. The average Bonchev–Trinajstić information content (AvgIpc) is 3.37. The number of hydrogen-bond acceptors (Lipinski definition) is 6. The molecule has 0 saturated heterocycles. The first-order valence-electron chi connectivity index (χ1n) is 12.0. The summed E-state index contributed by atoms with van der Waals surface area (Å²) in [6, 6.07) is 20.4. The molecular weight excluding hydrogens is 562 g/mol. The summed E-state index contributed by atoms with van der Waals surface area (Å²) in [7, 11) is 1.46. The van der Waals surface area contributed by atoms with Gasteiger partial charge in [0.25, 0.3) is 11.8 Å². The third kappa shape index (κ3) is 4.92. The Morgan fingerprint density at radius 1 is 1.08 bits per heavy atom. The van der Waals surface area contributed by atoms with Crippen LogP contribution in [0.15, 0.2) is 77.4 Å². The summed E-state index contributed by atoms with van der Waals surface area (Å²) in [5.74, 6) is -0.635. The van der Waals surface area contributed by atoms with E-state index in [1.54, 1.807) is 53.4 Å². The Morgan fingerprint density at radius 2 is 1.74 bits per heavy atom. The Labute approximate surface area is 232 Å². The first kappa shape index (κ1) is 25.9. The van der Waals surface area contributed by atoms with Crippen LogP contribution >= 0.6 is 15.9 Å². The Morgan fingerprint density at radius 3 is 2.38 bits per heavy atom. The minimum absolute atomic E-state index is 0.119. The Balaban J connectivity index is 1.39. The Bertz CT molecular complexity index is 1640. The van der Waals surface area contributed by atoms with Crippen molar-refractivity contribution in [3.05, 3.63) is 105 Å². The van der Waals surface area contributed by atoms with Crippen molar-refractivity contribution in [2.24, 2.45) is 0 Å². The predicted octanol–water partition coefficient (Wildman–Crippen LogP) is 5.06. The summed E-state index contributed by atoms with van der Waals surface area (Å²) < 4.78 is 7.56. The number of amides is 2. The zero-order chi connectivity index (χ0) is 27.7. The molecule has 0 bridgehead atoms. The highest BCUT2D eigenvalue weighted by molar-refractivity contribution is 9.10. The number of carbonyl (C=O) groups is 3. The fourth-order valence-electron chi connectivity index (χ4n) is 4.55. The van der Waals surface area contributed by atoms with Crippen LogP contribution in [-0.2, 0) is 6.54 Å². The molecule has 10 heteroatoms. The summed E-state index contributed by atoms with van der Waals surface area (Å²) in [5, 5.41) is 16.3. The number of nitrogens with one attached hydrogen (secondary N) is 1. The van der Waals surface area contributed by atoms with Crippen molar-refractivity contribution in [2.75, 3.05) is 17.3 Å². The number of aromatic nitrogens is 2. The number of rotatable bonds is 6. The number of nitriles is 1. The first-order chi connectivity index (χ1) is 18.8. The number of hydrogen-bond donors (Lipinski definition) is 1. The van der Waals surface area contributed by atoms with E-state index in [1.165, 1.54) is 24.1 Å². The van der Waals surface area contributed by atoms with Crippen LogP contribution in [0.4, 0.5) is 11.4 Å². The van der Waals surface area contributed by atoms with E-state index in [9.17, 15) is 19.6 Å². The number of nitrogens with zero attached hydrogens (tertiary/aromatic N) is 4. The summed E-state index contributed by atoms with van der Waals surface area (Å²) in [6.07, 6.45) is 1.37. The highest BCUT2D eigenvalue weighted by Crippen LogP contribution is 2.29. The molecule has 0 radical (unpaired) electrons. The normalized spacial score (nSPS) is 14.4. The van der Waals surface area contributed by atoms with Crippen LogP contribution in [0.2, 0.25) is 0 Å². The molecule has 1 atom stereocenters. The molecule has 2 heterocycles. The van der Waals surface area contributed by atoms with Crippen LogP contribution in [0, 0.1) is 11.3 Å². The van der Waals surface area contributed by atoms with E-state index < -0.39 is 5.91 Å². The second-order valence-electron chi connectivity index (χ2n) is 8.98. The summed E-state index contributed by atoms with van der Waals surface area (Å²) in [6.45, 7) is 2.28. The maximum atomic E-state index is 13.7. The molecule has 39 heavy (non-hydrogen) atoms. The Hall–Kier alpha value is -4.75. The standard InChI is InChI=1S/C29H22BrN5O4/c1-17-16-34-26(24(15-32-34)28(37)33-22-9-12-25(39-2)20(13-22)14-31)29(38)35(17)23-10-5-19(6-11-23)27(36)18-3-7-21(30)8-4-18/h3-13,15,17H,16H2,1-2H3,(H,33,37). The van der Waals surface area contributed by atoms with Crippen molar-refractivity contribution >= 4 is 44.9 Å². The highest BCUT2D eigenvalue weighted by Gasteiger charge is 2.36. The van der Waals surface area contributed by atoms with Crippen molar-refractivity contribution in [2.45, 2.75) is 19.5 Å². The number of benzene rings is 3. The predicted molar refractivity (Wildman–Crippen MR) is 148 cm³/mol. The third-order valence-corrected chi connectivity index (χ3v) is 7.00. The first-order valence-corrected chi connectivity index (χ1v) is 12.8. The maximum absolute atomic E-state index is 13.7. The van der Waals surface area contributed by atoms with Crippen molar-refractivity contribution < 1.29 is 19.1 Å². The lowest BCUT2D eigenvalue weighted by molar-refractivity contribution is 0.0933. The molecule has 9 nitrogen and oxygen atoms in total. The minimum atomic E-state index is -0.524. The highest BCUT2D eigenvalue weighted by atomic mass is 79.9. The van der Waals surface area contributed by atoms with Gasteiger partial charge in [0.2, 0.25) is 0 Å². The number of ether oxygens (including phenoxy) is 1. The average molecular weight is 584 g/mol. The lowest BCUT2D eigenvalue weighted by Crippen LogP contribution is -2.47. The molecule has 0 saturated carbocycles. The second kappa shape index (κ2) is 10.6. The van der Waals surface area contributed by atoms with E-state index in [0.29, 0.717) is 34.8 Å². The molecule has 0 aliphatic carbocycles. The van der Waals surface area contributed by atoms with Gasteiger partial charge in [0.05, 0.1) is 37.0 Å². The molecule has 194 valence electrons. The molecule has 1 aliphatic rings. The largest absolute Gasteiger partial charge is 0.495 e. The van der Waals surface area contributed by atoms with Crippen LogP contribution in [0.3, 0.4) is 0 Å². The van der Waals surface area contributed by atoms with Crippen molar-refractivity contribution in [1.29, 1.82) is 5.26 Å². The van der Waals surface area contributed by atoms with Crippen LogP contribution in [0.5, 0.6) is 5.75 Å². The van der Waals surface area contributed by atoms with E-state index in [2.05, 4.69) is 26.3 Å². The third-order valence-electron chi connectivity index (χ3n) is 6.48. The van der Waals surface area contributed by atoms with Crippen molar-refractivity contribution in [1.82, 2.24) is 9.78 Å². The van der Waals surface area contributed by atoms with E-state index >= 15 is 0 Å². The molecular formula is C29H22BrN5O4. The van der Waals surface area contributed by atoms with Gasteiger partial charge in [-0.2, -0.15) is 10.4 Å². The van der Waals surface area contributed by atoms with Gasteiger partial charge >= 0.3 is 0 Å². The van der Waals surface area contributed by atoms with Gasteiger partial charge in [0, 0.05) is 27.0 Å². The lowest BCUT2D eigenvalue weighted by Gasteiger charge is -2.34. The summed E-state index contributed by atoms with van der Waals surface area (Å²) in [5.41, 5.74) is 2.60. The van der Waals surface area contributed by atoms with Gasteiger partial charge in [0.1, 0.15) is 17.5 Å². The number of fused-ring (bicyclic) bond motifs is 1. The van der Waals surface area contributed by atoms with Gasteiger partial charge < -0.3 is 15.0 Å². The van der Waals surface area contributed by atoms with Gasteiger partial charge in [-0.1, -0.05) is 15.9 Å². The van der Waals surface area contributed by atoms with Crippen molar-refractivity contribution in [3.8, 4) is 11.8 Å². The zero-order valence-electron chi connectivity index (χ0n) is 21.0. The molecule has 1 aromatic heterocycles. The van der Waals surface area contributed by atoms with Gasteiger partial charge in [-0.3, -0.25) is 19.1 Å². The van der Waals surface area contributed by atoms with E-state index in [-0.39, 0.29) is 34.6 Å². The van der Waals surface area contributed by atoms with E-state index in [1.807, 2.05) is 25.1 Å². The summed E-state index contributed by atoms with van der Waals surface area (Å²) in [4.78, 5) is 41.3. The van der Waals surface area contributed by atoms with E-state index in [4.69, 9.17) is 4.74 Å². The maximum Gasteiger partial charge on any atom is 0.277 e. The second-order valence-corrected chi connectivity index (χ2v) is 9.89. The number of halogens is 1. The van der Waals surface area contributed by atoms with Gasteiger partial charge in [-0.25, -0.2) is 0 Å². The number of ketones is 1. The quantitative estimate of drug-likeness (QED) is 0.317. The van der Waals surface area contributed by atoms with Gasteiger partial charge in [0.15, 0.2) is 5.78 Å². The van der Waals surface area contributed by atoms with Gasteiger partial charge in [-0.05, 0) is 73.7 Å². The molecule has 4 aromatic rings. The Kier molecular flexibility index (Phi) is 7.00.